The Bertz CT molecular complexity index is 669. The lowest BCUT2D eigenvalue weighted by Gasteiger charge is -2.34. The van der Waals surface area contributed by atoms with Gasteiger partial charge in [-0.2, -0.15) is 5.10 Å². The molecule has 0 spiro atoms. The zero-order valence-corrected chi connectivity index (χ0v) is 13.1. The largest absolute Gasteiger partial charge is 0.397 e. The minimum Gasteiger partial charge on any atom is -0.397 e. The molecule has 2 aromatic heterocycles. The molecule has 3 atom stereocenters. The van der Waals surface area contributed by atoms with Gasteiger partial charge in [0.15, 0.2) is 0 Å². The molecule has 0 saturated heterocycles. The molecule has 0 bridgehead atoms. The van der Waals surface area contributed by atoms with E-state index in [1.165, 1.54) is 24.2 Å². The van der Waals surface area contributed by atoms with Crippen LogP contribution in [0.25, 0.3) is 10.2 Å². The first kappa shape index (κ1) is 14.3. The molecule has 0 aliphatic heterocycles. The summed E-state index contributed by atoms with van der Waals surface area (Å²) in [7, 11) is 0. The Labute approximate surface area is 127 Å². The first-order valence-electron chi connectivity index (χ1n) is 7.38. The van der Waals surface area contributed by atoms with Crippen molar-refractivity contribution in [1.29, 1.82) is 0 Å². The van der Waals surface area contributed by atoms with Gasteiger partial charge in [-0.15, -0.1) is 16.4 Å². The normalized spacial score (nSPS) is 25.9. The Morgan fingerprint density at radius 1 is 1.43 bits per heavy atom. The number of anilines is 1. The number of amides is 1. The number of aromatic nitrogens is 2. The fraction of sp³-hybridized carbons (Fsp3) is 0.533. The highest BCUT2D eigenvalue weighted by atomic mass is 32.1. The van der Waals surface area contributed by atoms with Crippen LogP contribution in [0.4, 0.5) is 5.69 Å². The molecule has 0 aromatic carbocycles. The summed E-state index contributed by atoms with van der Waals surface area (Å²) in [6.07, 6.45) is 5.05. The zero-order chi connectivity index (χ0) is 15.0. The van der Waals surface area contributed by atoms with Gasteiger partial charge in [0.25, 0.3) is 5.91 Å². The highest BCUT2D eigenvalue weighted by Crippen LogP contribution is 2.33. The van der Waals surface area contributed by atoms with E-state index in [0.29, 0.717) is 27.2 Å². The van der Waals surface area contributed by atoms with Crippen molar-refractivity contribution in [1.82, 2.24) is 15.5 Å². The quantitative estimate of drug-likeness (QED) is 0.894. The number of carbonyl (C=O) groups excluding carboxylic acids is 1. The predicted octanol–water partition coefficient (Wildman–Crippen LogP) is 2.83. The fourth-order valence-corrected chi connectivity index (χ4v) is 4.00. The summed E-state index contributed by atoms with van der Waals surface area (Å²) in [5, 5.41) is 11.8. The van der Waals surface area contributed by atoms with Crippen molar-refractivity contribution in [2.24, 2.45) is 11.8 Å². The summed E-state index contributed by atoms with van der Waals surface area (Å²) in [6.45, 7) is 4.47. The summed E-state index contributed by atoms with van der Waals surface area (Å²) in [6, 6.07) is 2.04. The van der Waals surface area contributed by atoms with Crippen molar-refractivity contribution in [3.63, 3.8) is 0 Å². The number of fused-ring (bicyclic) bond motifs is 1. The van der Waals surface area contributed by atoms with Crippen LogP contribution in [-0.2, 0) is 0 Å². The van der Waals surface area contributed by atoms with Crippen LogP contribution in [-0.4, -0.2) is 22.1 Å². The number of hydrogen-bond donors (Lipinski definition) is 2. The minimum atomic E-state index is -0.0820. The van der Waals surface area contributed by atoms with E-state index >= 15 is 0 Å². The molecule has 2 aromatic rings. The van der Waals surface area contributed by atoms with Crippen LogP contribution in [0.5, 0.6) is 0 Å². The van der Waals surface area contributed by atoms with E-state index in [-0.39, 0.29) is 11.9 Å². The van der Waals surface area contributed by atoms with E-state index in [2.05, 4.69) is 29.4 Å². The molecule has 1 amide bonds. The first-order chi connectivity index (χ1) is 10.1. The number of nitrogens with one attached hydrogen (secondary N) is 1. The second-order valence-corrected chi connectivity index (χ2v) is 6.94. The molecular weight excluding hydrogens is 284 g/mol. The van der Waals surface area contributed by atoms with Crippen LogP contribution in [0.2, 0.25) is 0 Å². The van der Waals surface area contributed by atoms with Crippen molar-refractivity contribution in [3.8, 4) is 0 Å². The maximum Gasteiger partial charge on any atom is 0.263 e. The third-order valence-electron chi connectivity index (χ3n) is 4.65. The van der Waals surface area contributed by atoms with E-state index in [1.807, 2.05) is 0 Å². The Morgan fingerprint density at radius 3 is 3.00 bits per heavy atom. The first-order valence-corrected chi connectivity index (χ1v) is 8.20. The monoisotopic (exact) mass is 304 g/mol. The van der Waals surface area contributed by atoms with Gasteiger partial charge in [-0.3, -0.25) is 4.79 Å². The smallest absolute Gasteiger partial charge is 0.263 e. The van der Waals surface area contributed by atoms with E-state index in [9.17, 15) is 4.79 Å². The van der Waals surface area contributed by atoms with Crippen LogP contribution in [0, 0.1) is 11.8 Å². The molecular formula is C15H20N4OS. The van der Waals surface area contributed by atoms with Gasteiger partial charge in [0.05, 0.1) is 11.9 Å². The number of carbonyl (C=O) groups is 1. The molecule has 21 heavy (non-hydrogen) atoms. The Balaban J connectivity index is 1.82. The minimum absolute atomic E-state index is 0.0820. The third kappa shape index (κ3) is 2.60. The highest BCUT2D eigenvalue weighted by molar-refractivity contribution is 7.21. The standard InChI is InChI=1S/C15H20N4OS/c1-8-4-3-5-11(9(8)2)18-14(20)13-12(16)10-6-7-17-19-15(10)21-13/h6-9,11H,3-5,16H2,1-2H3,(H,18,20). The molecule has 0 radical (unpaired) electrons. The van der Waals surface area contributed by atoms with Crippen molar-refractivity contribution in [2.75, 3.05) is 5.73 Å². The van der Waals surface area contributed by atoms with E-state index < -0.39 is 0 Å². The number of nitrogen functional groups attached to an aromatic ring is 1. The van der Waals surface area contributed by atoms with Gasteiger partial charge in [0, 0.05) is 11.4 Å². The molecule has 1 aliphatic rings. The lowest BCUT2D eigenvalue weighted by atomic mass is 9.78. The third-order valence-corrected chi connectivity index (χ3v) is 5.75. The molecule has 1 aliphatic carbocycles. The Hall–Kier alpha value is -1.69. The van der Waals surface area contributed by atoms with Gasteiger partial charge in [0.1, 0.15) is 9.71 Å². The molecule has 1 saturated carbocycles. The predicted molar refractivity (Wildman–Crippen MR) is 85.3 cm³/mol. The van der Waals surface area contributed by atoms with Crippen LogP contribution in [0.1, 0.15) is 42.8 Å². The van der Waals surface area contributed by atoms with Crippen LogP contribution < -0.4 is 11.1 Å². The summed E-state index contributed by atoms with van der Waals surface area (Å²) in [5.41, 5.74) is 6.60. The molecule has 2 heterocycles. The lowest BCUT2D eigenvalue weighted by Crippen LogP contribution is -2.43. The summed E-state index contributed by atoms with van der Waals surface area (Å²) in [4.78, 5) is 13.8. The van der Waals surface area contributed by atoms with Crippen LogP contribution >= 0.6 is 11.3 Å². The van der Waals surface area contributed by atoms with Gasteiger partial charge in [0.2, 0.25) is 0 Å². The van der Waals surface area contributed by atoms with E-state index in [4.69, 9.17) is 5.73 Å². The van der Waals surface area contributed by atoms with Gasteiger partial charge in [-0.1, -0.05) is 26.7 Å². The molecule has 5 nitrogen and oxygen atoms in total. The Morgan fingerprint density at radius 2 is 2.24 bits per heavy atom. The summed E-state index contributed by atoms with van der Waals surface area (Å²) in [5.74, 6) is 1.06. The van der Waals surface area contributed by atoms with Crippen molar-refractivity contribution in [3.05, 3.63) is 17.1 Å². The van der Waals surface area contributed by atoms with E-state index in [1.54, 1.807) is 12.3 Å². The number of rotatable bonds is 2. The molecule has 6 heteroatoms. The van der Waals surface area contributed by atoms with Crippen LogP contribution in [0.3, 0.4) is 0 Å². The molecule has 1 fully saturated rings. The van der Waals surface area contributed by atoms with Gasteiger partial charge >= 0.3 is 0 Å². The van der Waals surface area contributed by atoms with Gasteiger partial charge in [-0.05, 0) is 24.3 Å². The molecule has 3 unspecified atom stereocenters. The number of thiophene rings is 1. The fourth-order valence-electron chi connectivity index (χ4n) is 3.06. The summed E-state index contributed by atoms with van der Waals surface area (Å²) >= 11 is 1.31. The second-order valence-electron chi connectivity index (χ2n) is 5.94. The molecule has 112 valence electrons. The number of hydrogen-bond acceptors (Lipinski definition) is 5. The van der Waals surface area contributed by atoms with Crippen molar-refractivity contribution < 1.29 is 4.79 Å². The molecule has 3 N–H and O–H groups in total. The van der Waals surface area contributed by atoms with E-state index in [0.717, 1.165) is 11.8 Å². The number of nitrogens with zero attached hydrogens (tertiary/aromatic N) is 2. The van der Waals surface area contributed by atoms with Crippen molar-refractivity contribution >= 4 is 33.1 Å². The van der Waals surface area contributed by atoms with Crippen molar-refractivity contribution in [2.45, 2.75) is 39.2 Å². The topological polar surface area (TPSA) is 80.9 Å². The summed E-state index contributed by atoms with van der Waals surface area (Å²) < 4.78 is 0. The average Bonchev–Trinajstić information content (AvgIpc) is 2.82. The zero-order valence-electron chi connectivity index (χ0n) is 12.3. The van der Waals surface area contributed by atoms with Gasteiger partial charge in [-0.25, -0.2) is 0 Å². The maximum atomic E-state index is 12.5. The second kappa shape index (κ2) is 5.60. The Kier molecular flexibility index (Phi) is 3.80. The highest BCUT2D eigenvalue weighted by Gasteiger charge is 2.29. The average molecular weight is 304 g/mol. The lowest BCUT2D eigenvalue weighted by molar-refractivity contribution is 0.0896. The van der Waals surface area contributed by atoms with Gasteiger partial charge < -0.3 is 11.1 Å². The maximum absolute atomic E-state index is 12.5. The SMILES string of the molecule is CC1CCCC(NC(=O)c2sc3nnccc3c2N)C1C. The molecule has 3 rings (SSSR count). The number of nitrogens with two attached hydrogens (primary N) is 1. The van der Waals surface area contributed by atoms with Crippen LogP contribution in [0.15, 0.2) is 12.3 Å².